The lowest BCUT2D eigenvalue weighted by Crippen LogP contribution is -2.23. The fourth-order valence-corrected chi connectivity index (χ4v) is 7.35. The molecule has 0 atom stereocenters. The van der Waals surface area contributed by atoms with Crippen LogP contribution in [0.15, 0.2) is 115 Å². The van der Waals surface area contributed by atoms with Crippen molar-refractivity contribution >= 4 is 40.2 Å². The topological polar surface area (TPSA) is 0 Å². The summed E-state index contributed by atoms with van der Waals surface area (Å²) in [7, 11) is -0.730. The van der Waals surface area contributed by atoms with Crippen LogP contribution in [0.5, 0.6) is 0 Å². The standard InChI is InChI=1S/C34H31P/c1-5-24(2)30-21-20-27-14-12-13-19-31(27)34(30)32-22-25(3)26(4)23-33(32)35(28-15-8-6-9-16-28)29-17-10-7-11-18-29/h5-23H,1-4H3/b24-5+. The van der Waals surface area contributed by atoms with Crippen molar-refractivity contribution in [3.63, 3.8) is 0 Å². The molecule has 0 aliphatic rings. The summed E-state index contributed by atoms with van der Waals surface area (Å²) in [4.78, 5) is 0. The van der Waals surface area contributed by atoms with Gasteiger partial charge < -0.3 is 0 Å². The predicted molar refractivity (Wildman–Crippen MR) is 157 cm³/mol. The molecule has 0 saturated heterocycles. The molecule has 0 spiro atoms. The van der Waals surface area contributed by atoms with E-state index in [0.717, 1.165) is 0 Å². The van der Waals surface area contributed by atoms with Crippen LogP contribution in [-0.4, -0.2) is 0 Å². The maximum atomic E-state index is 2.45. The summed E-state index contributed by atoms with van der Waals surface area (Å²) in [6.45, 7) is 8.85. The number of hydrogen-bond donors (Lipinski definition) is 0. The quantitative estimate of drug-likeness (QED) is 0.227. The van der Waals surface area contributed by atoms with Gasteiger partial charge in [0, 0.05) is 0 Å². The average Bonchev–Trinajstić information content (AvgIpc) is 2.91. The van der Waals surface area contributed by atoms with Crippen molar-refractivity contribution in [2.45, 2.75) is 27.7 Å². The van der Waals surface area contributed by atoms with E-state index in [4.69, 9.17) is 0 Å². The maximum Gasteiger partial charge on any atom is -0.00235 e. The van der Waals surface area contributed by atoms with Crippen LogP contribution in [0.3, 0.4) is 0 Å². The van der Waals surface area contributed by atoms with Gasteiger partial charge in [0.1, 0.15) is 0 Å². The van der Waals surface area contributed by atoms with Gasteiger partial charge in [0.05, 0.1) is 0 Å². The van der Waals surface area contributed by atoms with E-state index in [1.165, 1.54) is 60.1 Å². The lowest BCUT2D eigenvalue weighted by atomic mass is 9.89. The van der Waals surface area contributed by atoms with Crippen LogP contribution < -0.4 is 15.9 Å². The second-order valence-corrected chi connectivity index (χ2v) is 11.3. The lowest BCUT2D eigenvalue weighted by molar-refractivity contribution is 1.35. The fraction of sp³-hybridized carbons (Fsp3) is 0.118. The Balaban J connectivity index is 1.91. The highest BCUT2D eigenvalue weighted by molar-refractivity contribution is 7.80. The normalized spacial score (nSPS) is 11.9. The highest BCUT2D eigenvalue weighted by Crippen LogP contribution is 2.42. The molecular formula is C34H31P. The fourth-order valence-electron chi connectivity index (χ4n) is 4.81. The van der Waals surface area contributed by atoms with Gasteiger partial charge in [0.2, 0.25) is 0 Å². The minimum Gasteiger partial charge on any atom is -0.0841 e. The SMILES string of the molecule is C/C=C(\C)c1ccc2ccccc2c1-c1cc(C)c(C)cc1P(c1ccccc1)c1ccccc1. The van der Waals surface area contributed by atoms with Crippen LogP contribution in [0.2, 0.25) is 0 Å². The highest BCUT2D eigenvalue weighted by Gasteiger charge is 2.23. The van der Waals surface area contributed by atoms with Crippen molar-refractivity contribution in [3.05, 3.63) is 132 Å². The molecule has 5 aromatic carbocycles. The number of fused-ring (bicyclic) bond motifs is 1. The Hall–Kier alpha value is -3.47. The van der Waals surface area contributed by atoms with E-state index in [1.807, 2.05) is 0 Å². The van der Waals surface area contributed by atoms with E-state index in [0.29, 0.717) is 0 Å². The third-order valence-electron chi connectivity index (χ3n) is 6.94. The zero-order valence-electron chi connectivity index (χ0n) is 20.9. The molecule has 0 heterocycles. The number of rotatable bonds is 5. The Morgan fingerprint density at radius 3 is 1.86 bits per heavy atom. The Bertz CT molecular complexity index is 1470. The van der Waals surface area contributed by atoms with E-state index >= 15 is 0 Å². The first-order chi connectivity index (χ1) is 17.1. The van der Waals surface area contributed by atoms with Crippen LogP contribution in [-0.2, 0) is 0 Å². The smallest absolute Gasteiger partial charge is 0.00235 e. The molecule has 0 unspecified atom stereocenters. The molecule has 0 bridgehead atoms. The molecule has 172 valence electrons. The summed E-state index contributed by atoms with van der Waals surface area (Å²) in [5, 5.41) is 6.77. The van der Waals surface area contributed by atoms with Crippen molar-refractivity contribution < 1.29 is 0 Å². The van der Waals surface area contributed by atoms with Crippen molar-refractivity contribution in [2.75, 3.05) is 0 Å². The molecule has 5 aromatic rings. The van der Waals surface area contributed by atoms with E-state index in [9.17, 15) is 0 Å². The third kappa shape index (κ3) is 4.47. The molecule has 0 nitrogen and oxygen atoms in total. The van der Waals surface area contributed by atoms with E-state index < -0.39 is 7.92 Å². The monoisotopic (exact) mass is 470 g/mol. The number of allylic oxidation sites excluding steroid dienone is 2. The number of benzene rings is 5. The highest BCUT2D eigenvalue weighted by atomic mass is 31.1. The van der Waals surface area contributed by atoms with E-state index in [-0.39, 0.29) is 0 Å². The van der Waals surface area contributed by atoms with Crippen molar-refractivity contribution in [1.82, 2.24) is 0 Å². The molecule has 0 N–H and O–H groups in total. The third-order valence-corrected chi connectivity index (χ3v) is 9.42. The molecule has 1 heteroatoms. The summed E-state index contributed by atoms with van der Waals surface area (Å²) < 4.78 is 0. The van der Waals surface area contributed by atoms with Crippen LogP contribution in [0.4, 0.5) is 0 Å². The van der Waals surface area contributed by atoms with Crippen LogP contribution in [0.25, 0.3) is 27.5 Å². The molecular weight excluding hydrogens is 439 g/mol. The lowest BCUT2D eigenvalue weighted by Gasteiger charge is -2.26. The van der Waals surface area contributed by atoms with Gasteiger partial charge >= 0.3 is 0 Å². The van der Waals surface area contributed by atoms with Gasteiger partial charge in [-0.1, -0.05) is 115 Å². The minimum atomic E-state index is -0.730. The first-order valence-electron chi connectivity index (χ1n) is 12.3. The van der Waals surface area contributed by atoms with E-state index in [1.54, 1.807) is 0 Å². The molecule has 35 heavy (non-hydrogen) atoms. The maximum absolute atomic E-state index is 2.45. The minimum absolute atomic E-state index is 0.730. The van der Waals surface area contributed by atoms with Gasteiger partial charge in [-0.05, 0) is 95.7 Å². The van der Waals surface area contributed by atoms with Crippen molar-refractivity contribution in [1.29, 1.82) is 0 Å². The molecule has 5 rings (SSSR count). The average molecular weight is 471 g/mol. The second kappa shape index (κ2) is 10.0. The first-order valence-corrected chi connectivity index (χ1v) is 13.6. The molecule has 0 saturated carbocycles. The molecule has 0 aromatic heterocycles. The molecule has 0 radical (unpaired) electrons. The van der Waals surface area contributed by atoms with Gasteiger partial charge in [-0.25, -0.2) is 0 Å². The molecule has 0 amide bonds. The summed E-state index contributed by atoms with van der Waals surface area (Å²) in [5.74, 6) is 0. The van der Waals surface area contributed by atoms with Crippen LogP contribution >= 0.6 is 7.92 Å². The summed E-state index contributed by atoms with van der Waals surface area (Å²) in [5.41, 5.74) is 7.98. The zero-order chi connectivity index (χ0) is 24.4. The predicted octanol–water partition coefficient (Wildman–Crippen LogP) is 8.31. The molecule has 0 aliphatic heterocycles. The van der Waals surface area contributed by atoms with Crippen LogP contribution in [0.1, 0.15) is 30.5 Å². The Morgan fingerprint density at radius 2 is 1.23 bits per heavy atom. The first kappa shape index (κ1) is 23.3. The number of aryl methyl sites for hydroxylation is 2. The Kier molecular flexibility index (Phi) is 6.67. The molecule has 0 aliphatic carbocycles. The second-order valence-electron chi connectivity index (χ2n) is 9.14. The van der Waals surface area contributed by atoms with Crippen LogP contribution in [0, 0.1) is 13.8 Å². The molecule has 0 fully saturated rings. The Morgan fingerprint density at radius 1 is 0.657 bits per heavy atom. The summed E-state index contributed by atoms with van der Waals surface area (Å²) in [6.07, 6.45) is 2.23. The summed E-state index contributed by atoms with van der Waals surface area (Å²) in [6, 6.07) is 40.3. The van der Waals surface area contributed by atoms with Gasteiger partial charge in [0.15, 0.2) is 0 Å². The van der Waals surface area contributed by atoms with Gasteiger partial charge in [-0.15, -0.1) is 0 Å². The summed E-state index contributed by atoms with van der Waals surface area (Å²) >= 11 is 0. The van der Waals surface area contributed by atoms with Gasteiger partial charge in [-0.2, -0.15) is 0 Å². The van der Waals surface area contributed by atoms with Crippen molar-refractivity contribution in [3.8, 4) is 11.1 Å². The van der Waals surface area contributed by atoms with Crippen molar-refractivity contribution in [2.24, 2.45) is 0 Å². The van der Waals surface area contributed by atoms with Gasteiger partial charge in [-0.3, -0.25) is 0 Å². The number of hydrogen-bond acceptors (Lipinski definition) is 0. The van der Waals surface area contributed by atoms with E-state index in [2.05, 4.69) is 143 Å². The Labute approximate surface area is 210 Å². The zero-order valence-corrected chi connectivity index (χ0v) is 21.8. The van der Waals surface area contributed by atoms with Gasteiger partial charge in [0.25, 0.3) is 0 Å². The largest absolute Gasteiger partial charge is 0.0841 e.